The molecule has 0 atom stereocenters. The summed E-state index contributed by atoms with van der Waals surface area (Å²) in [7, 11) is -3.80. The first-order chi connectivity index (χ1) is 13.5. The number of hydrogen-bond acceptors (Lipinski definition) is 5. The SMILES string of the molecule is O=C(OCc1ccncc1)N1Cc2ccccc2S(=O)(=O)c2ccc(Cl)cc21. The molecule has 142 valence electrons. The molecule has 1 aliphatic rings. The fourth-order valence-corrected chi connectivity index (χ4v) is 4.89. The molecular formula is C20H15ClN2O4S. The molecule has 0 radical (unpaired) electrons. The number of benzene rings is 2. The predicted octanol–water partition coefficient (Wildman–Crippen LogP) is 4.22. The molecule has 8 heteroatoms. The van der Waals surface area contributed by atoms with E-state index in [0.29, 0.717) is 10.6 Å². The summed E-state index contributed by atoms with van der Waals surface area (Å²) in [5, 5.41) is 0.326. The number of halogens is 1. The van der Waals surface area contributed by atoms with E-state index >= 15 is 0 Å². The van der Waals surface area contributed by atoms with Crippen molar-refractivity contribution in [2.24, 2.45) is 0 Å². The number of sulfone groups is 1. The van der Waals surface area contributed by atoms with Crippen LogP contribution in [0.5, 0.6) is 0 Å². The number of ether oxygens (including phenoxy) is 1. The highest BCUT2D eigenvalue weighted by atomic mass is 35.5. The third kappa shape index (κ3) is 3.34. The van der Waals surface area contributed by atoms with Crippen molar-refractivity contribution < 1.29 is 17.9 Å². The first-order valence-electron chi connectivity index (χ1n) is 8.42. The van der Waals surface area contributed by atoms with Crippen LogP contribution in [0.3, 0.4) is 0 Å². The Morgan fingerprint density at radius 2 is 1.82 bits per heavy atom. The van der Waals surface area contributed by atoms with E-state index in [1.54, 1.807) is 42.7 Å². The molecule has 0 N–H and O–H groups in total. The standard InChI is InChI=1S/C20H15ClN2O4S/c21-16-5-6-19-17(11-16)23(20(24)27-13-14-7-9-22-10-8-14)12-15-3-1-2-4-18(15)28(19,25)26/h1-11H,12-13H2. The van der Waals surface area contributed by atoms with Gasteiger partial charge in [0, 0.05) is 17.4 Å². The van der Waals surface area contributed by atoms with Gasteiger partial charge in [-0.15, -0.1) is 0 Å². The highest BCUT2D eigenvalue weighted by molar-refractivity contribution is 7.91. The second-order valence-electron chi connectivity index (χ2n) is 6.22. The van der Waals surface area contributed by atoms with Crippen molar-refractivity contribution in [1.82, 2.24) is 4.98 Å². The van der Waals surface area contributed by atoms with Gasteiger partial charge in [0.15, 0.2) is 0 Å². The summed E-state index contributed by atoms with van der Waals surface area (Å²) in [6.07, 6.45) is 2.55. The molecule has 28 heavy (non-hydrogen) atoms. The molecule has 4 rings (SSSR count). The molecule has 0 bridgehead atoms. The van der Waals surface area contributed by atoms with Crippen molar-refractivity contribution in [2.75, 3.05) is 4.90 Å². The summed E-state index contributed by atoms with van der Waals surface area (Å²) < 4.78 is 31.7. The van der Waals surface area contributed by atoms with E-state index in [1.165, 1.54) is 29.2 Å². The first-order valence-corrected chi connectivity index (χ1v) is 10.3. The Labute approximate surface area is 167 Å². The lowest BCUT2D eigenvalue weighted by Crippen LogP contribution is -2.31. The van der Waals surface area contributed by atoms with Gasteiger partial charge in [0.1, 0.15) is 6.61 Å². The van der Waals surface area contributed by atoms with Gasteiger partial charge in [-0.2, -0.15) is 0 Å². The molecule has 1 aromatic heterocycles. The zero-order chi connectivity index (χ0) is 19.7. The van der Waals surface area contributed by atoms with Crippen molar-refractivity contribution in [3.05, 3.63) is 83.1 Å². The third-order valence-corrected chi connectivity index (χ3v) is 6.56. The zero-order valence-corrected chi connectivity index (χ0v) is 16.2. The van der Waals surface area contributed by atoms with Crippen molar-refractivity contribution in [1.29, 1.82) is 0 Å². The maximum Gasteiger partial charge on any atom is 0.414 e. The smallest absolute Gasteiger partial charge is 0.414 e. The predicted molar refractivity (Wildman–Crippen MR) is 104 cm³/mol. The van der Waals surface area contributed by atoms with Crippen LogP contribution < -0.4 is 4.90 Å². The van der Waals surface area contributed by atoms with Gasteiger partial charge in [-0.1, -0.05) is 29.8 Å². The summed E-state index contributed by atoms with van der Waals surface area (Å²) in [6, 6.07) is 14.5. The largest absolute Gasteiger partial charge is 0.444 e. The minimum absolute atomic E-state index is 0.0164. The second-order valence-corrected chi connectivity index (χ2v) is 8.54. The molecule has 2 heterocycles. The number of carbonyl (C=O) groups excluding carboxylic acids is 1. The highest BCUT2D eigenvalue weighted by Crippen LogP contribution is 2.38. The van der Waals surface area contributed by atoms with Crippen LogP contribution in [0.2, 0.25) is 5.02 Å². The molecule has 0 saturated heterocycles. The molecule has 0 spiro atoms. The molecule has 0 fully saturated rings. The molecular weight excluding hydrogens is 400 g/mol. The normalized spacial score (nSPS) is 14.5. The van der Waals surface area contributed by atoms with Crippen LogP contribution in [0, 0.1) is 0 Å². The number of pyridine rings is 1. The summed E-state index contributed by atoms with van der Waals surface area (Å²) in [5.74, 6) is 0. The Kier molecular flexibility index (Phi) is 4.78. The van der Waals surface area contributed by atoms with E-state index in [1.807, 2.05) is 0 Å². The lowest BCUT2D eigenvalue weighted by Gasteiger charge is -2.22. The molecule has 3 aromatic rings. The maximum absolute atomic E-state index is 13.1. The van der Waals surface area contributed by atoms with Gasteiger partial charge in [-0.05, 0) is 47.5 Å². The summed E-state index contributed by atoms with van der Waals surface area (Å²) >= 11 is 6.10. The van der Waals surface area contributed by atoms with Crippen LogP contribution in [0.4, 0.5) is 10.5 Å². The fraction of sp³-hybridized carbons (Fsp3) is 0.100. The first kappa shape index (κ1) is 18.5. The number of fused-ring (bicyclic) bond motifs is 2. The third-order valence-electron chi connectivity index (χ3n) is 4.42. The monoisotopic (exact) mass is 414 g/mol. The molecule has 1 amide bonds. The van der Waals surface area contributed by atoms with Gasteiger partial charge in [-0.3, -0.25) is 9.88 Å². The molecule has 1 aliphatic heterocycles. The minimum Gasteiger partial charge on any atom is -0.444 e. The van der Waals surface area contributed by atoms with E-state index in [9.17, 15) is 13.2 Å². The molecule has 0 saturated carbocycles. The lowest BCUT2D eigenvalue weighted by molar-refractivity contribution is 0.146. The van der Waals surface area contributed by atoms with E-state index < -0.39 is 15.9 Å². The number of aromatic nitrogens is 1. The number of anilines is 1. The Bertz CT molecular complexity index is 1150. The van der Waals surface area contributed by atoms with Gasteiger partial charge < -0.3 is 4.74 Å². The fourth-order valence-electron chi connectivity index (χ4n) is 3.06. The average molecular weight is 415 g/mol. The summed E-state index contributed by atoms with van der Waals surface area (Å²) in [6.45, 7) is 0.0973. The number of amides is 1. The van der Waals surface area contributed by atoms with Crippen LogP contribution in [0.15, 0.2) is 76.8 Å². The van der Waals surface area contributed by atoms with E-state index in [0.717, 1.165) is 5.56 Å². The van der Waals surface area contributed by atoms with Gasteiger partial charge in [-0.25, -0.2) is 13.2 Å². The average Bonchev–Trinajstić information content (AvgIpc) is 2.80. The van der Waals surface area contributed by atoms with Gasteiger partial charge in [0.05, 0.1) is 22.0 Å². The molecule has 0 unspecified atom stereocenters. The zero-order valence-electron chi connectivity index (χ0n) is 14.6. The Morgan fingerprint density at radius 1 is 1.07 bits per heavy atom. The van der Waals surface area contributed by atoms with E-state index in [2.05, 4.69) is 4.98 Å². The topological polar surface area (TPSA) is 76.6 Å². The minimum atomic E-state index is -3.80. The molecule has 6 nitrogen and oxygen atoms in total. The molecule has 2 aromatic carbocycles. The van der Waals surface area contributed by atoms with Crippen molar-refractivity contribution >= 4 is 33.2 Å². The number of nitrogens with zero attached hydrogens (tertiary/aromatic N) is 2. The van der Waals surface area contributed by atoms with Gasteiger partial charge >= 0.3 is 6.09 Å². The van der Waals surface area contributed by atoms with Crippen molar-refractivity contribution in [3.63, 3.8) is 0 Å². The molecule has 0 aliphatic carbocycles. The summed E-state index contributed by atoms with van der Waals surface area (Å²) in [5.41, 5.74) is 1.48. The quantitative estimate of drug-likeness (QED) is 0.627. The van der Waals surface area contributed by atoms with Crippen molar-refractivity contribution in [3.8, 4) is 0 Å². The Balaban J connectivity index is 1.76. The number of rotatable bonds is 2. The highest BCUT2D eigenvalue weighted by Gasteiger charge is 2.33. The van der Waals surface area contributed by atoms with E-state index in [-0.39, 0.29) is 28.6 Å². The summed E-state index contributed by atoms with van der Waals surface area (Å²) in [4.78, 5) is 18.3. The van der Waals surface area contributed by atoms with Crippen LogP contribution >= 0.6 is 11.6 Å². The van der Waals surface area contributed by atoms with Crippen LogP contribution in [-0.4, -0.2) is 19.5 Å². The van der Waals surface area contributed by atoms with Crippen LogP contribution in [0.1, 0.15) is 11.1 Å². The van der Waals surface area contributed by atoms with E-state index in [4.69, 9.17) is 16.3 Å². The number of hydrogen-bond donors (Lipinski definition) is 0. The van der Waals surface area contributed by atoms with Gasteiger partial charge in [0.2, 0.25) is 9.84 Å². The van der Waals surface area contributed by atoms with Gasteiger partial charge in [0.25, 0.3) is 0 Å². The van der Waals surface area contributed by atoms with Crippen LogP contribution in [-0.2, 0) is 27.7 Å². The van der Waals surface area contributed by atoms with Crippen molar-refractivity contribution in [2.45, 2.75) is 22.9 Å². The Hall–Kier alpha value is -2.90. The second kappa shape index (κ2) is 7.26. The number of carbonyl (C=O) groups is 1. The lowest BCUT2D eigenvalue weighted by atomic mass is 10.2. The Morgan fingerprint density at radius 3 is 2.61 bits per heavy atom. The maximum atomic E-state index is 13.1. The van der Waals surface area contributed by atoms with Crippen LogP contribution in [0.25, 0.3) is 0 Å².